The molecule has 1 aliphatic rings. The van der Waals surface area contributed by atoms with E-state index >= 15 is 0 Å². The van der Waals surface area contributed by atoms with Crippen LogP contribution in [0, 0.1) is 0 Å². The maximum Gasteiger partial charge on any atom is 0.173 e. The molecule has 1 fully saturated rings. The fourth-order valence-electron chi connectivity index (χ4n) is 1.35. The molecule has 7 heteroatoms. The van der Waals surface area contributed by atoms with Crippen molar-refractivity contribution in [2.24, 2.45) is 5.73 Å². The first-order chi connectivity index (χ1) is 6.49. The summed E-state index contributed by atoms with van der Waals surface area (Å²) in [6.45, 7) is -0.642. The van der Waals surface area contributed by atoms with Crippen LogP contribution in [0.2, 0.25) is 0 Å². The van der Waals surface area contributed by atoms with E-state index in [0.717, 1.165) is 0 Å². The first kappa shape index (κ1) is 11.8. The quantitative estimate of drug-likeness (QED) is 0.273. The van der Waals surface area contributed by atoms with Crippen LogP contribution in [0.5, 0.6) is 0 Å². The van der Waals surface area contributed by atoms with Crippen LogP contribution in [0.3, 0.4) is 0 Å². The van der Waals surface area contributed by atoms with Crippen LogP contribution < -0.4 is 5.73 Å². The smallest absolute Gasteiger partial charge is 0.173 e. The van der Waals surface area contributed by atoms with E-state index in [9.17, 15) is 15.3 Å². The Hall–Kier alpha value is -0.280. The second-order valence-electron chi connectivity index (χ2n) is 3.30. The summed E-state index contributed by atoms with van der Waals surface area (Å²) in [5, 5.41) is 45.7. The Kier molecular flexibility index (Phi) is 3.78. The number of aliphatic hydroxyl groups is 5. The molecule has 0 saturated carbocycles. The van der Waals surface area contributed by atoms with Crippen molar-refractivity contribution in [3.63, 3.8) is 0 Å². The Labute approximate surface area is 80.3 Å². The van der Waals surface area contributed by atoms with Crippen molar-refractivity contribution in [3.8, 4) is 0 Å². The van der Waals surface area contributed by atoms with Gasteiger partial charge in [-0.1, -0.05) is 0 Å². The fraction of sp³-hybridized carbons (Fsp3) is 1.00. The fourth-order valence-corrected chi connectivity index (χ4v) is 1.35. The highest BCUT2D eigenvalue weighted by atomic mass is 16.6. The predicted molar refractivity (Wildman–Crippen MR) is 44.0 cm³/mol. The van der Waals surface area contributed by atoms with Gasteiger partial charge in [-0.15, -0.1) is 0 Å². The number of nitrogens with two attached hydrogens (primary N) is 1. The standard InChI is InChI=1S/C7H15NO6/c8-3-4(11)5(12)6(2(10)1-9)14-7(3)13/h2-7,9-13H,1,8H2/t2-,3-,4-,5+,6-,7-/m0/s1. The van der Waals surface area contributed by atoms with Gasteiger partial charge in [-0.2, -0.15) is 0 Å². The molecule has 0 radical (unpaired) electrons. The number of ether oxygens (including phenoxy) is 1. The zero-order chi connectivity index (χ0) is 10.9. The number of aliphatic hydroxyl groups excluding tert-OH is 5. The average Bonchev–Trinajstić information content (AvgIpc) is 2.19. The molecule has 14 heavy (non-hydrogen) atoms. The van der Waals surface area contributed by atoms with E-state index in [-0.39, 0.29) is 0 Å². The second-order valence-corrected chi connectivity index (χ2v) is 3.30. The van der Waals surface area contributed by atoms with Crippen LogP contribution in [0.1, 0.15) is 0 Å². The summed E-state index contributed by atoms with van der Waals surface area (Å²) < 4.78 is 4.74. The third-order valence-electron chi connectivity index (χ3n) is 2.27. The molecule has 84 valence electrons. The van der Waals surface area contributed by atoms with Gasteiger partial charge in [-0.05, 0) is 0 Å². The summed E-state index contributed by atoms with van der Waals surface area (Å²) >= 11 is 0. The maximum atomic E-state index is 9.39. The molecule has 0 amide bonds. The van der Waals surface area contributed by atoms with Crippen molar-refractivity contribution in [2.75, 3.05) is 6.61 Å². The van der Waals surface area contributed by atoms with Gasteiger partial charge in [0.15, 0.2) is 6.29 Å². The van der Waals surface area contributed by atoms with Crippen LogP contribution in [0.4, 0.5) is 0 Å². The molecule has 6 atom stereocenters. The zero-order valence-corrected chi connectivity index (χ0v) is 7.39. The van der Waals surface area contributed by atoms with Gasteiger partial charge in [0.25, 0.3) is 0 Å². The van der Waals surface area contributed by atoms with Crippen molar-refractivity contribution in [1.29, 1.82) is 0 Å². The first-order valence-corrected chi connectivity index (χ1v) is 4.23. The van der Waals surface area contributed by atoms with Crippen LogP contribution in [-0.4, -0.2) is 68.9 Å². The molecule has 1 aliphatic heterocycles. The van der Waals surface area contributed by atoms with E-state index in [1.165, 1.54) is 0 Å². The molecule has 0 unspecified atom stereocenters. The third kappa shape index (κ3) is 2.04. The van der Waals surface area contributed by atoms with E-state index in [4.69, 9.17) is 20.7 Å². The topological polar surface area (TPSA) is 136 Å². The Morgan fingerprint density at radius 3 is 2.29 bits per heavy atom. The van der Waals surface area contributed by atoms with Gasteiger partial charge in [0.1, 0.15) is 24.4 Å². The SMILES string of the molecule is N[C@H]1[C@H](O)[C@@H](O)[C@H]([C@@H](O)CO)O[C@@H]1O. The highest BCUT2D eigenvalue weighted by molar-refractivity contribution is 4.93. The lowest BCUT2D eigenvalue weighted by Crippen LogP contribution is -2.63. The molecule has 0 bridgehead atoms. The lowest BCUT2D eigenvalue weighted by Gasteiger charge is -2.40. The summed E-state index contributed by atoms with van der Waals surface area (Å²) in [6.07, 6.45) is -6.92. The summed E-state index contributed by atoms with van der Waals surface area (Å²) in [5.74, 6) is 0. The Bertz CT molecular complexity index is 191. The molecule has 0 aromatic carbocycles. The van der Waals surface area contributed by atoms with Crippen LogP contribution >= 0.6 is 0 Å². The molecule has 7 N–H and O–H groups in total. The van der Waals surface area contributed by atoms with Gasteiger partial charge in [0.2, 0.25) is 0 Å². The van der Waals surface area contributed by atoms with Crippen molar-refractivity contribution in [3.05, 3.63) is 0 Å². The van der Waals surface area contributed by atoms with E-state index in [2.05, 4.69) is 0 Å². The minimum atomic E-state index is -1.47. The van der Waals surface area contributed by atoms with Gasteiger partial charge in [0.05, 0.1) is 12.6 Å². The average molecular weight is 209 g/mol. The van der Waals surface area contributed by atoms with Crippen molar-refractivity contribution in [1.82, 2.24) is 0 Å². The Balaban J connectivity index is 2.70. The van der Waals surface area contributed by atoms with E-state index in [1.807, 2.05) is 0 Å². The molecular formula is C7H15NO6. The third-order valence-corrected chi connectivity index (χ3v) is 2.27. The minimum absolute atomic E-state index is 0.642. The molecule has 1 saturated heterocycles. The predicted octanol–water partition coefficient (Wildman–Crippen LogP) is -3.89. The normalized spacial score (nSPS) is 46.3. The van der Waals surface area contributed by atoms with Crippen LogP contribution in [-0.2, 0) is 4.74 Å². The van der Waals surface area contributed by atoms with Crippen molar-refractivity contribution >= 4 is 0 Å². The molecule has 1 rings (SSSR count). The number of rotatable bonds is 2. The summed E-state index contributed by atoms with van der Waals surface area (Å²) in [6, 6.07) is -1.13. The first-order valence-electron chi connectivity index (χ1n) is 4.23. The largest absolute Gasteiger partial charge is 0.394 e. The van der Waals surface area contributed by atoms with Gasteiger partial charge in [0, 0.05) is 0 Å². The monoisotopic (exact) mass is 209 g/mol. The molecule has 0 aromatic heterocycles. The molecule has 0 spiro atoms. The van der Waals surface area contributed by atoms with Crippen molar-refractivity contribution < 1.29 is 30.3 Å². The molecular weight excluding hydrogens is 194 g/mol. The molecule has 0 aromatic rings. The zero-order valence-electron chi connectivity index (χ0n) is 7.39. The highest BCUT2D eigenvalue weighted by Crippen LogP contribution is 2.20. The Morgan fingerprint density at radius 2 is 1.79 bits per heavy atom. The van der Waals surface area contributed by atoms with Gasteiger partial charge >= 0.3 is 0 Å². The highest BCUT2D eigenvalue weighted by Gasteiger charge is 2.44. The van der Waals surface area contributed by atoms with Gasteiger partial charge < -0.3 is 36.0 Å². The lowest BCUT2D eigenvalue weighted by atomic mass is 9.94. The molecule has 7 nitrogen and oxygen atoms in total. The van der Waals surface area contributed by atoms with E-state index in [1.54, 1.807) is 0 Å². The van der Waals surface area contributed by atoms with Crippen LogP contribution in [0.15, 0.2) is 0 Å². The summed E-state index contributed by atoms with van der Waals surface area (Å²) in [7, 11) is 0. The van der Waals surface area contributed by atoms with E-state index in [0.29, 0.717) is 0 Å². The Morgan fingerprint density at radius 1 is 1.21 bits per heavy atom. The second kappa shape index (κ2) is 4.49. The van der Waals surface area contributed by atoms with Gasteiger partial charge in [-0.3, -0.25) is 0 Å². The lowest BCUT2D eigenvalue weighted by molar-refractivity contribution is -0.264. The van der Waals surface area contributed by atoms with E-state index < -0.39 is 43.4 Å². The molecule has 1 heterocycles. The maximum absolute atomic E-state index is 9.39. The van der Waals surface area contributed by atoms with Gasteiger partial charge in [-0.25, -0.2) is 0 Å². The van der Waals surface area contributed by atoms with Crippen molar-refractivity contribution in [2.45, 2.75) is 36.7 Å². The summed E-state index contributed by atoms with van der Waals surface area (Å²) in [5.41, 5.74) is 5.29. The number of hydrogen-bond acceptors (Lipinski definition) is 7. The number of hydrogen-bond donors (Lipinski definition) is 6. The molecule has 0 aliphatic carbocycles. The summed E-state index contributed by atoms with van der Waals surface area (Å²) in [4.78, 5) is 0. The van der Waals surface area contributed by atoms with Crippen LogP contribution in [0.25, 0.3) is 0 Å². The minimum Gasteiger partial charge on any atom is -0.394 e.